The van der Waals surface area contributed by atoms with Crippen LogP contribution in [0.5, 0.6) is 0 Å². The quantitative estimate of drug-likeness (QED) is 0.402. The molecular weight excluding hydrogens is 372 g/mol. The van der Waals surface area contributed by atoms with E-state index in [0.717, 1.165) is 32.1 Å². The van der Waals surface area contributed by atoms with Gasteiger partial charge in [0.1, 0.15) is 17.9 Å². The van der Waals surface area contributed by atoms with Gasteiger partial charge in [-0.1, -0.05) is 43.3 Å². The van der Waals surface area contributed by atoms with Crippen LogP contribution in [0.2, 0.25) is 0 Å². The Hall–Kier alpha value is -2.72. The highest BCUT2D eigenvalue weighted by Gasteiger charge is 2.35. The molecule has 0 aromatic heterocycles. The zero-order valence-electron chi connectivity index (χ0n) is 16.4. The minimum atomic E-state index is -1.40. The molecule has 0 spiro atoms. The monoisotopic (exact) mass is 400 g/mol. The minimum absolute atomic E-state index is 0.0102. The van der Waals surface area contributed by atoms with Gasteiger partial charge in [-0.25, -0.2) is 0 Å². The van der Waals surface area contributed by atoms with Crippen molar-refractivity contribution in [3.05, 3.63) is 35.3 Å². The Kier molecular flexibility index (Phi) is 6.99. The Morgan fingerprint density at radius 1 is 1.17 bits per heavy atom. The minimum Gasteiger partial charge on any atom is -0.507 e. The van der Waals surface area contributed by atoms with Gasteiger partial charge in [0, 0.05) is 25.1 Å². The fourth-order valence-corrected chi connectivity index (χ4v) is 3.98. The first kappa shape index (κ1) is 21.0. The van der Waals surface area contributed by atoms with Gasteiger partial charge >= 0.3 is 0 Å². The first-order valence-corrected chi connectivity index (χ1v) is 10.2. The Morgan fingerprint density at radius 2 is 1.86 bits per heavy atom. The second-order valence-electron chi connectivity index (χ2n) is 7.80. The zero-order chi connectivity index (χ0) is 20.8. The lowest BCUT2D eigenvalue weighted by Gasteiger charge is -2.33. The third-order valence-electron chi connectivity index (χ3n) is 5.64. The van der Waals surface area contributed by atoms with E-state index in [1.165, 1.54) is 6.08 Å². The van der Waals surface area contributed by atoms with Gasteiger partial charge in [-0.2, -0.15) is 0 Å². The van der Waals surface area contributed by atoms with Crippen molar-refractivity contribution in [3.8, 4) is 11.8 Å². The molecule has 7 nitrogen and oxygen atoms in total. The fraction of sp³-hybridized carbons (Fsp3) is 0.545. The summed E-state index contributed by atoms with van der Waals surface area (Å²) < 4.78 is 0. The van der Waals surface area contributed by atoms with Crippen LogP contribution in [0, 0.1) is 17.8 Å². The van der Waals surface area contributed by atoms with Crippen molar-refractivity contribution >= 4 is 11.8 Å². The van der Waals surface area contributed by atoms with Gasteiger partial charge < -0.3 is 25.5 Å². The molecule has 3 rings (SSSR count). The average molecular weight is 400 g/mol. The lowest BCUT2D eigenvalue weighted by atomic mass is 9.83. The molecule has 0 aromatic carbocycles. The van der Waals surface area contributed by atoms with E-state index >= 15 is 0 Å². The van der Waals surface area contributed by atoms with Gasteiger partial charge in [-0.05, 0) is 24.8 Å². The molecule has 0 aromatic rings. The van der Waals surface area contributed by atoms with Crippen molar-refractivity contribution < 1.29 is 24.9 Å². The van der Waals surface area contributed by atoms with Crippen molar-refractivity contribution in [1.29, 1.82) is 0 Å². The Labute approximate surface area is 170 Å². The molecule has 0 saturated heterocycles. The highest BCUT2D eigenvalue weighted by Crippen LogP contribution is 2.28. The second kappa shape index (κ2) is 9.66. The summed E-state index contributed by atoms with van der Waals surface area (Å²) in [5.41, 5.74) is 0.346. The number of hydrogen-bond acceptors (Lipinski definition) is 5. The van der Waals surface area contributed by atoms with Crippen LogP contribution in [0.15, 0.2) is 35.3 Å². The van der Waals surface area contributed by atoms with Gasteiger partial charge in [0.15, 0.2) is 5.76 Å². The molecule has 29 heavy (non-hydrogen) atoms. The molecule has 1 saturated carbocycles. The van der Waals surface area contributed by atoms with Crippen LogP contribution in [-0.4, -0.2) is 57.3 Å². The molecule has 2 amide bonds. The molecule has 4 N–H and O–H groups in total. The molecule has 7 heteroatoms. The number of amides is 2. The van der Waals surface area contributed by atoms with Crippen LogP contribution in [0.4, 0.5) is 0 Å². The highest BCUT2D eigenvalue weighted by atomic mass is 16.3. The maximum atomic E-state index is 13.0. The molecule has 3 aliphatic rings. The van der Waals surface area contributed by atoms with Crippen LogP contribution in [0.25, 0.3) is 0 Å². The number of carbonyl (C=O) groups is 2. The maximum absolute atomic E-state index is 13.0. The lowest BCUT2D eigenvalue weighted by molar-refractivity contribution is -0.139. The molecule has 1 heterocycles. The summed E-state index contributed by atoms with van der Waals surface area (Å²) in [7, 11) is 0. The number of nitrogens with one attached hydrogen (secondary N) is 1. The third-order valence-corrected chi connectivity index (χ3v) is 5.64. The number of aliphatic hydroxyl groups is 3. The fourth-order valence-electron chi connectivity index (χ4n) is 3.98. The van der Waals surface area contributed by atoms with Crippen LogP contribution in [-0.2, 0) is 9.59 Å². The largest absolute Gasteiger partial charge is 0.507 e. The van der Waals surface area contributed by atoms with Crippen LogP contribution >= 0.6 is 0 Å². The summed E-state index contributed by atoms with van der Waals surface area (Å²) in [6.07, 6.45) is 8.57. The van der Waals surface area contributed by atoms with Gasteiger partial charge in [0.05, 0.1) is 6.42 Å². The van der Waals surface area contributed by atoms with Crippen molar-refractivity contribution in [1.82, 2.24) is 10.2 Å². The molecular formula is C22H28N2O5. The molecule has 0 unspecified atom stereocenters. The SMILES string of the molecule is O=C(N[C@H](C(=O)N1CC=CC1)C1CCCCC1)[C@H](O)CC1=CC(O)=C(O)CC#C1. The number of allylic oxidation sites excluding steroid dienone is 2. The van der Waals surface area contributed by atoms with Crippen molar-refractivity contribution in [3.63, 3.8) is 0 Å². The first-order valence-electron chi connectivity index (χ1n) is 10.2. The smallest absolute Gasteiger partial charge is 0.249 e. The van der Waals surface area contributed by atoms with E-state index in [1.54, 1.807) is 4.90 Å². The van der Waals surface area contributed by atoms with Gasteiger partial charge in [0.25, 0.3) is 0 Å². The van der Waals surface area contributed by atoms with Gasteiger partial charge in [0.2, 0.25) is 11.8 Å². The number of aliphatic hydroxyl groups excluding tert-OH is 3. The van der Waals surface area contributed by atoms with E-state index in [4.69, 9.17) is 0 Å². The molecule has 0 bridgehead atoms. The summed E-state index contributed by atoms with van der Waals surface area (Å²) in [6, 6.07) is -0.649. The van der Waals surface area contributed by atoms with Gasteiger partial charge in [-0.15, -0.1) is 0 Å². The summed E-state index contributed by atoms with van der Waals surface area (Å²) in [5, 5.41) is 32.4. The predicted octanol–water partition coefficient (Wildman–Crippen LogP) is 1.86. The van der Waals surface area contributed by atoms with Gasteiger partial charge in [-0.3, -0.25) is 9.59 Å². The summed E-state index contributed by atoms with van der Waals surface area (Å²) in [5.74, 6) is 4.17. The van der Waals surface area contributed by atoms with Crippen LogP contribution in [0.3, 0.4) is 0 Å². The van der Waals surface area contributed by atoms with E-state index in [-0.39, 0.29) is 36.2 Å². The number of hydrogen-bond donors (Lipinski definition) is 4. The summed E-state index contributed by atoms with van der Waals surface area (Å²) in [4.78, 5) is 27.4. The van der Waals surface area contributed by atoms with E-state index in [2.05, 4.69) is 17.2 Å². The zero-order valence-corrected chi connectivity index (χ0v) is 16.4. The standard InChI is InChI=1S/C22H28N2O5/c25-17-10-6-7-15(13-18(17)26)14-19(27)21(28)23-20(16-8-2-1-3-9-16)22(29)24-11-4-5-12-24/h4-5,13,16,19-20,25-27H,1-3,8-12,14H2,(H,23,28)/t19-,20+/m1/s1. The first-order chi connectivity index (χ1) is 14.0. The highest BCUT2D eigenvalue weighted by molar-refractivity contribution is 5.90. The molecule has 2 aliphatic carbocycles. The van der Waals surface area contributed by atoms with Crippen LogP contribution < -0.4 is 5.32 Å². The predicted molar refractivity (Wildman–Crippen MR) is 108 cm³/mol. The Balaban J connectivity index is 1.67. The molecule has 1 fully saturated rings. The van der Waals surface area contributed by atoms with E-state index in [1.807, 2.05) is 12.2 Å². The summed E-state index contributed by atoms with van der Waals surface area (Å²) >= 11 is 0. The normalized spacial score (nSPS) is 21.7. The van der Waals surface area contributed by atoms with Crippen molar-refractivity contribution in [2.45, 2.75) is 57.1 Å². The Morgan fingerprint density at radius 3 is 2.55 bits per heavy atom. The van der Waals surface area contributed by atoms with E-state index in [0.29, 0.717) is 18.7 Å². The molecule has 2 atom stereocenters. The van der Waals surface area contributed by atoms with E-state index < -0.39 is 18.1 Å². The van der Waals surface area contributed by atoms with Crippen LogP contribution in [0.1, 0.15) is 44.9 Å². The second-order valence-corrected chi connectivity index (χ2v) is 7.80. The number of rotatable bonds is 6. The molecule has 156 valence electrons. The number of carbonyl (C=O) groups excluding carboxylic acids is 2. The Bertz CT molecular complexity index is 788. The molecule has 1 aliphatic heterocycles. The molecule has 0 radical (unpaired) electrons. The topological polar surface area (TPSA) is 110 Å². The van der Waals surface area contributed by atoms with E-state index in [9.17, 15) is 24.9 Å². The third kappa shape index (κ3) is 5.42. The lowest BCUT2D eigenvalue weighted by Crippen LogP contribution is -2.54. The van der Waals surface area contributed by atoms with Crippen molar-refractivity contribution in [2.75, 3.05) is 13.1 Å². The maximum Gasteiger partial charge on any atom is 0.249 e. The average Bonchev–Trinajstić information content (AvgIpc) is 3.21. The summed E-state index contributed by atoms with van der Waals surface area (Å²) in [6.45, 7) is 1.08. The van der Waals surface area contributed by atoms with Crippen molar-refractivity contribution in [2.24, 2.45) is 5.92 Å². The number of nitrogens with zero attached hydrogens (tertiary/aromatic N) is 1.